The Kier molecular flexibility index (Phi) is 12.1. The van der Waals surface area contributed by atoms with Crippen molar-refractivity contribution >= 4 is 11.9 Å². The number of hydrogen-bond donors (Lipinski definition) is 7. The van der Waals surface area contributed by atoms with Crippen LogP contribution >= 0.6 is 0 Å². The standard InChI is InChI=1S/C32H38O14/c1-2-20-21(14-26(37)44-19-6-3-17(4-7-19)9-11-33)22(30(41)42-12-10-18-5-8-23(35)24(36)13-18)16-43-31(20)46-32-29(40)28(39)27(38)25(15-34)45-32/h2-8,13,16,21,25,27-29,31-36,38-40H,9-12,14-15H2,1H3/t21-,25+,27+,28-,29+,31-,32-/m0/s1. The van der Waals surface area contributed by atoms with Crippen molar-refractivity contribution in [1.29, 1.82) is 0 Å². The Morgan fingerprint density at radius 1 is 0.913 bits per heavy atom. The third-order valence-corrected chi connectivity index (χ3v) is 7.63. The minimum Gasteiger partial charge on any atom is -0.504 e. The molecule has 0 saturated carbocycles. The van der Waals surface area contributed by atoms with Gasteiger partial charge in [0, 0.05) is 24.5 Å². The van der Waals surface area contributed by atoms with Crippen molar-refractivity contribution in [2.24, 2.45) is 5.92 Å². The van der Waals surface area contributed by atoms with E-state index >= 15 is 0 Å². The van der Waals surface area contributed by atoms with Crippen LogP contribution < -0.4 is 4.74 Å². The van der Waals surface area contributed by atoms with E-state index < -0.39 is 61.5 Å². The molecule has 1 saturated heterocycles. The van der Waals surface area contributed by atoms with Crippen LogP contribution in [0.2, 0.25) is 0 Å². The number of hydrogen-bond acceptors (Lipinski definition) is 14. The van der Waals surface area contributed by atoms with Gasteiger partial charge in [0.2, 0.25) is 6.29 Å². The van der Waals surface area contributed by atoms with E-state index in [1.54, 1.807) is 37.3 Å². The predicted molar refractivity (Wildman–Crippen MR) is 157 cm³/mol. The van der Waals surface area contributed by atoms with Gasteiger partial charge in [-0.05, 0) is 48.7 Å². The number of carbonyl (C=O) groups excluding carboxylic acids is 2. The molecule has 14 heteroatoms. The van der Waals surface area contributed by atoms with E-state index in [0.29, 0.717) is 12.0 Å². The Morgan fingerprint density at radius 3 is 2.28 bits per heavy atom. The summed E-state index contributed by atoms with van der Waals surface area (Å²) in [4.78, 5) is 26.4. The van der Waals surface area contributed by atoms with Crippen LogP contribution in [-0.2, 0) is 41.4 Å². The molecule has 2 aromatic carbocycles. The van der Waals surface area contributed by atoms with Crippen molar-refractivity contribution in [2.75, 3.05) is 19.8 Å². The Hall–Kier alpha value is -4.02. The molecule has 7 N–H and O–H groups in total. The fourth-order valence-electron chi connectivity index (χ4n) is 5.07. The van der Waals surface area contributed by atoms with E-state index in [0.717, 1.165) is 11.8 Å². The summed E-state index contributed by atoms with van der Waals surface area (Å²) in [5.41, 5.74) is 1.63. The maximum atomic E-state index is 13.3. The zero-order valence-corrected chi connectivity index (χ0v) is 25.0. The number of phenolic OH excluding ortho intramolecular Hbond substituents is 2. The molecule has 2 aliphatic rings. The van der Waals surface area contributed by atoms with E-state index in [9.17, 15) is 40.2 Å². The van der Waals surface area contributed by atoms with Gasteiger partial charge >= 0.3 is 11.9 Å². The van der Waals surface area contributed by atoms with Crippen LogP contribution in [-0.4, -0.2) is 105 Å². The second kappa shape index (κ2) is 16.0. The number of allylic oxidation sites excluding steroid dienone is 1. The lowest BCUT2D eigenvalue weighted by Crippen LogP contribution is -2.60. The number of ether oxygens (including phenoxy) is 5. The minimum absolute atomic E-state index is 0.0377. The predicted octanol–water partition coefficient (Wildman–Crippen LogP) is 0.333. The Morgan fingerprint density at radius 2 is 1.63 bits per heavy atom. The summed E-state index contributed by atoms with van der Waals surface area (Å²) < 4.78 is 27.9. The number of phenols is 2. The summed E-state index contributed by atoms with van der Waals surface area (Å²) in [6.45, 7) is 0.770. The molecule has 14 nitrogen and oxygen atoms in total. The van der Waals surface area contributed by atoms with Gasteiger partial charge in [-0.25, -0.2) is 4.79 Å². The van der Waals surface area contributed by atoms with E-state index in [-0.39, 0.29) is 54.5 Å². The summed E-state index contributed by atoms with van der Waals surface area (Å²) in [5, 5.41) is 68.7. The summed E-state index contributed by atoms with van der Waals surface area (Å²) in [7, 11) is 0. The van der Waals surface area contributed by atoms with Crippen molar-refractivity contribution in [1.82, 2.24) is 0 Å². The van der Waals surface area contributed by atoms with Gasteiger partial charge in [0.1, 0.15) is 30.2 Å². The number of aliphatic hydroxyl groups excluding tert-OH is 5. The first-order chi connectivity index (χ1) is 22.1. The highest BCUT2D eigenvalue weighted by atomic mass is 16.8. The monoisotopic (exact) mass is 646 g/mol. The zero-order valence-electron chi connectivity index (χ0n) is 25.0. The number of esters is 2. The van der Waals surface area contributed by atoms with Gasteiger partial charge in [0.25, 0.3) is 0 Å². The zero-order chi connectivity index (χ0) is 33.4. The van der Waals surface area contributed by atoms with Crippen LogP contribution in [0.25, 0.3) is 0 Å². The van der Waals surface area contributed by atoms with Crippen LogP contribution in [0.5, 0.6) is 17.2 Å². The van der Waals surface area contributed by atoms with Crippen molar-refractivity contribution in [3.05, 3.63) is 77.1 Å². The third-order valence-electron chi connectivity index (χ3n) is 7.63. The highest BCUT2D eigenvalue weighted by Crippen LogP contribution is 2.36. The van der Waals surface area contributed by atoms with Crippen LogP contribution in [0.4, 0.5) is 0 Å². The second-order valence-electron chi connectivity index (χ2n) is 10.7. The molecule has 2 heterocycles. The smallest absolute Gasteiger partial charge is 0.337 e. The molecular formula is C32H38O14. The van der Waals surface area contributed by atoms with Gasteiger partial charge in [0.15, 0.2) is 17.8 Å². The SMILES string of the molecule is CC=C1[C@H](O[C@@H]2O[C@H](CO)[C@@H](O)[C@H](O)[C@H]2O)OC=C(C(=O)OCCc2ccc(O)c(O)c2)[C@H]1CC(=O)Oc1ccc(CCO)cc1. The first kappa shape index (κ1) is 34.8. The van der Waals surface area contributed by atoms with Crippen LogP contribution in [0.1, 0.15) is 24.5 Å². The van der Waals surface area contributed by atoms with Crippen molar-refractivity contribution in [3.63, 3.8) is 0 Å². The molecule has 4 rings (SSSR count). The van der Waals surface area contributed by atoms with E-state index in [1.807, 2.05) is 0 Å². The molecule has 0 amide bonds. The Bertz CT molecular complexity index is 1400. The Balaban J connectivity index is 1.52. The lowest BCUT2D eigenvalue weighted by atomic mass is 9.86. The number of aliphatic hydroxyl groups is 5. The number of benzene rings is 2. The van der Waals surface area contributed by atoms with Gasteiger partial charge in [-0.2, -0.15) is 0 Å². The topological polar surface area (TPSA) is 222 Å². The lowest BCUT2D eigenvalue weighted by molar-refractivity contribution is -0.327. The molecule has 2 aliphatic heterocycles. The first-order valence-corrected chi connectivity index (χ1v) is 14.6. The molecule has 7 atom stereocenters. The van der Waals surface area contributed by atoms with E-state index in [4.69, 9.17) is 28.8 Å². The molecule has 0 spiro atoms. The summed E-state index contributed by atoms with van der Waals surface area (Å²) in [5.74, 6) is -2.91. The minimum atomic E-state index is -1.73. The average molecular weight is 647 g/mol. The molecule has 0 bridgehead atoms. The third kappa shape index (κ3) is 8.41. The number of carbonyl (C=O) groups is 2. The fourth-order valence-corrected chi connectivity index (χ4v) is 5.07. The highest BCUT2D eigenvalue weighted by Gasteiger charge is 2.47. The maximum Gasteiger partial charge on any atom is 0.337 e. The fraction of sp³-hybridized carbons (Fsp3) is 0.438. The molecule has 1 fully saturated rings. The van der Waals surface area contributed by atoms with Crippen LogP contribution in [0.3, 0.4) is 0 Å². The average Bonchev–Trinajstić information content (AvgIpc) is 3.04. The highest BCUT2D eigenvalue weighted by molar-refractivity contribution is 5.91. The van der Waals surface area contributed by atoms with E-state index in [2.05, 4.69) is 0 Å². The van der Waals surface area contributed by atoms with Crippen molar-refractivity contribution < 1.29 is 69.0 Å². The molecule has 0 radical (unpaired) electrons. The van der Waals surface area contributed by atoms with Crippen LogP contribution in [0.15, 0.2) is 65.9 Å². The van der Waals surface area contributed by atoms with Gasteiger partial charge < -0.3 is 59.4 Å². The second-order valence-corrected chi connectivity index (χ2v) is 10.7. The molecule has 0 aliphatic carbocycles. The summed E-state index contributed by atoms with van der Waals surface area (Å²) in [6, 6.07) is 10.7. The molecular weight excluding hydrogens is 608 g/mol. The van der Waals surface area contributed by atoms with Crippen LogP contribution in [0, 0.1) is 5.92 Å². The van der Waals surface area contributed by atoms with Crippen molar-refractivity contribution in [3.8, 4) is 17.2 Å². The largest absolute Gasteiger partial charge is 0.504 e. The van der Waals surface area contributed by atoms with Gasteiger partial charge in [-0.15, -0.1) is 0 Å². The maximum absolute atomic E-state index is 13.3. The first-order valence-electron chi connectivity index (χ1n) is 14.6. The number of rotatable bonds is 12. The lowest BCUT2D eigenvalue weighted by Gasteiger charge is -2.41. The summed E-state index contributed by atoms with van der Waals surface area (Å²) >= 11 is 0. The normalized spacial score (nSPS) is 27.0. The van der Waals surface area contributed by atoms with Gasteiger partial charge in [0.05, 0.1) is 31.5 Å². The van der Waals surface area contributed by atoms with E-state index in [1.165, 1.54) is 18.2 Å². The quantitative estimate of drug-likeness (QED) is 0.0715. The molecule has 2 aromatic rings. The van der Waals surface area contributed by atoms with Gasteiger partial charge in [-0.1, -0.05) is 24.3 Å². The Labute approximate surface area is 264 Å². The summed E-state index contributed by atoms with van der Waals surface area (Å²) in [6.07, 6.45) is -6.34. The number of aromatic hydroxyl groups is 2. The van der Waals surface area contributed by atoms with Gasteiger partial charge in [-0.3, -0.25) is 4.79 Å². The molecule has 0 unspecified atom stereocenters. The molecule has 0 aromatic heterocycles. The molecule has 46 heavy (non-hydrogen) atoms. The van der Waals surface area contributed by atoms with Crippen molar-refractivity contribution in [2.45, 2.75) is 63.2 Å². The molecule has 250 valence electrons.